The molecule has 0 radical (unpaired) electrons. The Labute approximate surface area is 122 Å². The van der Waals surface area contributed by atoms with Crippen LogP contribution in [0, 0.1) is 13.8 Å². The molecule has 0 atom stereocenters. The quantitative estimate of drug-likeness (QED) is 0.905. The predicted molar refractivity (Wildman–Crippen MR) is 77.5 cm³/mol. The normalized spacial score (nSPS) is 13.9. The number of aryl methyl sites for hydroxylation is 2. The van der Waals surface area contributed by atoms with Crippen molar-refractivity contribution in [2.45, 2.75) is 26.8 Å². The van der Waals surface area contributed by atoms with Crippen molar-refractivity contribution in [1.82, 2.24) is 15.0 Å². The molecule has 1 aliphatic heterocycles. The topological polar surface area (TPSA) is 79.2 Å². The van der Waals surface area contributed by atoms with E-state index in [0.717, 1.165) is 16.7 Å². The van der Waals surface area contributed by atoms with Crippen molar-refractivity contribution >= 4 is 11.9 Å². The smallest absolute Gasteiger partial charge is 0.337 e. The summed E-state index contributed by atoms with van der Waals surface area (Å²) in [6, 6.07) is 0. The number of rotatable bonds is 2. The van der Waals surface area contributed by atoms with E-state index < -0.39 is 5.97 Å². The average molecular weight is 284 g/mol. The lowest BCUT2D eigenvalue weighted by molar-refractivity contribution is 0.0694. The first-order valence-corrected chi connectivity index (χ1v) is 6.80. The highest BCUT2D eigenvalue weighted by Gasteiger charge is 2.24. The number of pyridine rings is 1. The van der Waals surface area contributed by atoms with E-state index in [1.807, 2.05) is 11.8 Å². The van der Waals surface area contributed by atoms with Gasteiger partial charge in [-0.25, -0.2) is 14.8 Å². The average Bonchev–Trinajstić information content (AvgIpc) is 2.47. The molecule has 108 valence electrons. The molecule has 0 unspecified atom stereocenters. The number of hydrogen-bond donors (Lipinski definition) is 1. The second-order valence-electron chi connectivity index (χ2n) is 5.26. The number of carboxylic acid groups (broad SMARTS) is 1. The van der Waals surface area contributed by atoms with Gasteiger partial charge in [0.05, 0.1) is 11.3 Å². The largest absolute Gasteiger partial charge is 0.478 e. The van der Waals surface area contributed by atoms with Gasteiger partial charge in [-0.3, -0.25) is 4.98 Å². The highest BCUT2D eigenvalue weighted by Crippen LogP contribution is 2.25. The zero-order valence-electron chi connectivity index (χ0n) is 12.0. The first-order chi connectivity index (χ1) is 10.1. The molecule has 0 aliphatic carbocycles. The van der Waals surface area contributed by atoms with E-state index in [1.54, 1.807) is 25.5 Å². The van der Waals surface area contributed by atoms with Gasteiger partial charge in [-0.1, -0.05) is 0 Å². The van der Waals surface area contributed by atoms with Gasteiger partial charge in [-0.05, 0) is 37.0 Å². The third-order valence-electron chi connectivity index (χ3n) is 3.72. The first-order valence-electron chi connectivity index (χ1n) is 6.80. The molecule has 1 aliphatic rings. The molecule has 0 aromatic carbocycles. The molecule has 0 fully saturated rings. The first kappa shape index (κ1) is 13.5. The van der Waals surface area contributed by atoms with Gasteiger partial charge in [0.25, 0.3) is 0 Å². The maximum atomic E-state index is 11.4. The van der Waals surface area contributed by atoms with E-state index in [0.29, 0.717) is 36.7 Å². The van der Waals surface area contributed by atoms with Crippen LogP contribution >= 0.6 is 0 Å². The summed E-state index contributed by atoms with van der Waals surface area (Å²) >= 11 is 0. The van der Waals surface area contributed by atoms with Crippen molar-refractivity contribution < 1.29 is 9.90 Å². The van der Waals surface area contributed by atoms with Gasteiger partial charge in [0.2, 0.25) is 5.95 Å². The van der Waals surface area contributed by atoms with Crippen molar-refractivity contribution in [2.24, 2.45) is 0 Å². The number of fused-ring (bicyclic) bond motifs is 1. The van der Waals surface area contributed by atoms with E-state index in [-0.39, 0.29) is 0 Å². The Morgan fingerprint density at radius 3 is 2.57 bits per heavy atom. The molecule has 6 heteroatoms. The fraction of sp³-hybridized carbons (Fsp3) is 0.333. The monoisotopic (exact) mass is 284 g/mol. The lowest BCUT2D eigenvalue weighted by Crippen LogP contribution is -2.33. The van der Waals surface area contributed by atoms with Crippen LogP contribution in [0.2, 0.25) is 0 Å². The van der Waals surface area contributed by atoms with Crippen LogP contribution in [0.5, 0.6) is 0 Å². The van der Waals surface area contributed by atoms with Crippen molar-refractivity contribution in [1.29, 1.82) is 0 Å². The van der Waals surface area contributed by atoms with Crippen LogP contribution in [0.25, 0.3) is 0 Å². The second kappa shape index (κ2) is 5.12. The molecule has 2 aromatic heterocycles. The van der Waals surface area contributed by atoms with Gasteiger partial charge < -0.3 is 10.0 Å². The molecule has 0 spiro atoms. The van der Waals surface area contributed by atoms with Crippen LogP contribution < -0.4 is 4.90 Å². The van der Waals surface area contributed by atoms with Crippen LogP contribution in [0.4, 0.5) is 5.95 Å². The Morgan fingerprint density at radius 1 is 1.19 bits per heavy atom. The van der Waals surface area contributed by atoms with Gasteiger partial charge in [-0.2, -0.15) is 0 Å². The number of carboxylic acids is 1. The van der Waals surface area contributed by atoms with Crippen molar-refractivity contribution in [3.8, 4) is 0 Å². The number of aromatic carboxylic acids is 1. The summed E-state index contributed by atoms with van der Waals surface area (Å²) in [7, 11) is 0. The number of hydrogen-bond acceptors (Lipinski definition) is 5. The molecular formula is C15H16N4O2. The van der Waals surface area contributed by atoms with Crippen LogP contribution in [-0.4, -0.2) is 32.6 Å². The maximum absolute atomic E-state index is 11.4. The number of carbonyl (C=O) groups is 1. The minimum absolute atomic E-state index is 0.344. The van der Waals surface area contributed by atoms with E-state index >= 15 is 0 Å². The van der Waals surface area contributed by atoms with E-state index in [2.05, 4.69) is 15.0 Å². The lowest BCUT2D eigenvalue weighted by Gasteiger charge is -2.29. The molecular weight excluding hydrogens is 268 g/mol. The van der Waals surface area contributed by atoms with Crippen molar-refractivity contribution in [3.05, 3.63) is 46.5 Å². The third-order valence-corrected chi connectivity index (χ3v) is 3.72. The Balaban J connectivity index is 1.95. The third kappa shape index (κ3) is 2.44. The minimum atomic E-state index is -0.906. The SMILES string of the molecule is Cc1cnc(N2CCc3c(cnc(C)c3C(=O)O)C2)nc1. The number of nitrogens with zero attached hydrogens (tertiary/aromatic N) is 4. The standard InChI is InChI=1S/C15H16N4O2/c1-9-5-17-15(18-6-9)19-4-3-12-11(8-19)7-16-10(2)13(12)14(20)21/h5-7H,3-4,8H2,1-2H3,(H,20,21). The predicted octanol–water partition coefficient (Wildman–Crippen LogP) is 1.75. The zero-order valence-corrected chi connectivity index (χ0v) is 12.0. The van der Waals surface area contributed by atoms with Gasteiger partial charge in [0.1, 0.15) is 0 Å². The van der Waals surface area contributed by atoms with Crippen molar-refractivity contribution in [2.75, 3.05) is 11.4 Å². The highest BCUT2D eigenvalue weighted by atomic mass is 16.4. The fourth-order valence-corrected chi connectivity index (χ4v) is 2.65. The van der Waals surface area contributed by atoms with Crippen LogP contribution in [-0.2, 0) is 13.0 Å². The van der Waals surface area contributed by atoms with Crippen molar-refractivity contribution in [3.63, 3.8) is 0 Å². The molecule has 0 saturated heterocycles. The number of aromatic nitrogens is 3. The van der Waals surface area contributed by atoms with Gasteiger partial charge in [0, 0.05) is 31.7 Å². The zero-order chi connectivity index (χ0) is 15.0. The molecule has 0 saturated carbocycles. The summed E-state index contributed by atoms with van der Waals surface area (Å²) in [5, 5.41) is 9.36. The summed E-state index contributed by atoms with van der Waals surface area (Å²) in [5.74, 6) is -0.236. The molecule has 6 nitrogen and oxygen atoms in total. The van der Waals surface area contributed by atoms with Crippen LogP contribution in [0.1, 0.15) is 32.7 Å². The van der Waals surface area contributed by atoms with Crippen LogP contribution in [0.15, 0.2) is 18.6 Å². The van der Waals surface area contributed by atoms with Gasteiger partial charge >= 0.3 is 5.97 Å². The maximum Gasteiger partial charge on any atom is 0.337 e. The molecule has 1 N–H and O–H groups in total. The molecule has 21 heavy (non-hydrogen) atoms. The molecule has 3 heterocycles. The Hall–Kier alpha value is -2.50. The lowest BCUT2D eigenvalue weighted by atomic mass is 9.95. The molecule has 0 bridgehead atoms. The fourth-order valence-electron chi connectivity index (χ4n) is 2.65. The van der Waals surface area contributed by atoms with E-state index in [4.69, 9.17) is 0 Å². The summed E-state index contributed by atoms with van der Waals surface area (Å²) in [5.41, 5.74) is 3.76. The molecule has 3 rings (SSSR count). The Kier molecular flexibility index (Phi) is 3.29. The van der Waals surface area contributed by atoms with E-state index in [9.17, 15) is 9.90 Å². The summed E-state index contributed by atoms with van der Waals surface area (Å²) in [6.45, 7) is 4.98. The molecule has 2 aromatic rings. The summed E-state index contributed by atoms with van der Waals surface area (Å²) < 4.78 is 0. The Bertz CT molecular complexity index is 698. The molecule has 0 amide bonds. The Morgan fingerprint density at radius 2 is 1.90 bits per heavy atom. The summed E-state index contributed by atoms with van der Waals surface area (Å²) in [4.78, 5) is 26.3. The van der Waals surface area contributed by atoms with Crippen LogP contribution in [0.3, 0.4) is 0 Å². The van der Waals surface area contributed by atoms with E-state index in [1.165, 1.54) is 0 Å². The van der Waals surface area contributed by atoms with Gasteiger partial charge in [0.15, 0.2) is 0 Å². The highest BCUT2D eigenvalue weighted by molar-refractivity contribution is 5.91. The number of anilines is 1. The second-order valence-corrected chi connectivity index (χ2v) is 5.26. The van der Waals surface area contributed by atoms with Gasteiger partial charge in [-0.15, -0.1) is 0 Å². The summed E-state index contributed by atoms with van der Waals surface area (Å²) in [6.07, 6.45) is 6.00. The minimum Gasteiger partial charge on any atom is -0.478 e.